The fourth-order valence-corrected chi connectivity index (χ4v) is 3.11. The van der Waals surface area contributed by atoms with E-state index >= 15 is 0 Å². The number of furan rings is 1. The van der Waals surface area contributed by atoms with Gasteiger partial charge in [0.25, 0.3) is 5.91 Å². The van der Waals surface area contributed by atoms with Crippen LogP contribution in [0.1, 0.15) is 27.2 Å². The minimum Gasteiger partial charge on any atom is -0.467 e. The maximum absolute atomic E-state index is 12.8. The third-order valence-electron chi connectivity index (χ3n) is 4.45. The molecule has 126 valence electrons. The number of nitrogens with one attached hydrogen (secondary N) is 1. The Morgan fingerprint density at radius 2 is 2.04 bits per heavy atom. The van der Waals surface area contributed by atoms with Crippen molar-refractivity contribution in [3.05, 3.63) is 83.6 Å². The summed E-state index contributed by atoms with van der Waals surface area (Å²) in [5.41, 5.74) is 3.96. The molecule has 0 aliphatic carbocycles. The van der Waals surface area contributed by atoms with Crippen molar-refractivity contribution in [2.24, 2.45) is 0 Å². The molecule has 25 heavy (non-hydrogen) atoms. The molecule has 0 radical (unpaired) electrons. The zero-order valence-corrected chi connectivity index (χ0v) is 13.8. The van der Waals surface area contributed by atoms with Crippen molar-refractivity contribution in [1.29, 1.82) is 0 Å². The smallest absolute Gasteiger partial charge is 0.255 e. The molecule has 1 aliphatic heterocycles. The molecule has 1 aromatic carbocycles. The molecule has 4 rings (SSSR count). The van der Waals surface area contributed by atoms with E-state index in [4.69, 9.17) is 4.42 Å². The Bertz CT molecular complexity index is 874. The molecule has 1 aliphatic rings. The van der Waals surface area contributed by atoms with Crippen LogP contribution in [-0.2, 0) is 19.5 Å². The number of carbonyl (C=O) groups excluding carboxylic acids is 1. The van der Waals surface area contributed by atoms with E-state index in [0.29, 0.717) is 18.7 Å². The lowest BCUT2D eigenvalue weighted by Gasteiger charge is -2.29. The maximum atomic E-state index is 12.8. The molecule has 0 unspecified atom stereocenters. The van der Waals surface area contributed by atoms with Crippen molar-refractivity contribution in [1.82, 2.24) is 9.88 Å². The average molecular weight is 333 g/mol. The van der Waals surface area contributed by atoms with Gasteiger partial charge in [0.05, 0.1) is 24.1 Å². The van der Waals surface area contributed by atoms with Gasteiger partial charge in [0.15, 0.2) is 0 Å². The minimum atomic E-state index is 0.0173. The van der Waals surface area contributed by atoms with Crippen molar-refractivity contribution >= 4 is 11.6 Å². The lowest BCUT2D eigenvalue weighted by Crippen LogP contribution is -2.36. The highest BCUT2D eigenvalue weighted by Gasteiger charge is 2.21. The van der Waals surface area contributed by atoms with E-state index in [0.717, 1.165) is 24.4 Å². The highest BCUT2D eigenvalue weighted by atomic mass is 16.3. The maximum Gasteiger partial charge on any atom is 0.255 e. The quantitative estimate of drug-likeness (QED) is 0.794. The second-order valence-electron chi connectivity index (χ2n) is 6.14. The first kappa shape index (κ1) is 15.4. The second-order valence-corrected chi connectivity index (χ2v) is 6.14. The van der Waals surface area contributed by atoms with E-state index in [2.05, 4.69) is 22.4 Å². The van der Waals surface area contributed by atoms with Crippen LogP contribution in [0.2, 0.25) is 0 Å². The van der Waals surface area contributed by atoms with Gasteiger partial charge in [-0.1, -0.05) is 24.3 Å². The Balaban J connectivity index is 1.46. The van der Waals surface area contributed by atoms with E-state index < -0.39 is 0 Å². The number of fused-ring (bicyclic) bond motifs is 1. The summed E-state index contributed by atoms with van der Waals surface area (Å²) in [5.74, 6) is 0.855. The standard InChI is InChI=1S/C20H19N3O2/c24-20(23-8-7-15-4-1-2-5-16(15)14-23)17-10-18(12-21-11-17)22-13-19-6-3-9-25-19/h1-6,9-12,22H,7-8,13-14H2. The Morgan fingerprint density at radius 1 is 1.16 bits per heavy atom. The van der Waals surface area contributed by atoms with Crippen LogP contribution in [0, 0.1) is 0 Å². The van der Waals surface area contributed by atoms with Crippen LogP contribution in [0.3, 0.4) is 0 Å². The van der Waals surface area contributed by atoms with Gasteiger partial charge in [-0.3, -0.25) is 9.78 Å². The number of amides is 1. The summed E-state index contributed by atoms with van der Waals surface area (Å²) in [4.78, 5) is 18.9. The molecule has 3 aromatic rings. The summed E-state index contributed by atoms with van der Waals surface area (Å²) in [5, 5.41) is 3.23. The largest absolute Gasteiger partial charge is 0.467 e. The topological polar surface area (TPSA) is 58.4 Å². The number of pyridine rings is 1. The SMILES string of the molecule is O=C(c1cncc(NCc2ccco2)c1)N1CCc2ccccc2C1. The summed E-state index contributed by atoms with van der Waals surface area (Å²) >= 11 is 0. The second kappa shape index (κ2) is 6.81. The number of hydrogen-bond donors (Lipinski definition) is 1. The van der Waals surface area contributed by atoms with Crippen molar-refractivity contribution < 1.29 is 9.21 Å². The van der Waals surface area contributed by atoms with Gasteiger partial charge in [-0.25, -0.2) is 0 Å². The fraction of sp³-hybridized carbons (Fsp3) is 0.200. The molecule has 0 bridgehead atoms. The van der Waals surface area contributed by atoms with Gasteiger partial charge >= 0.3 is 0 Å². The van der Waals surface area contributed by atoms with Gasteiger partial charge in [-0.2, -0.15) is 0 Å². The zero-order valence-electron chi connectivity index (χ0n) is 13.8. The molecule has 5 heteroatoms. The van der Waals surface area contributed by atoms with E-state index in [-0.39, 0.29) is 5.91 Å². The first-order chi connectivity index (χ1) is 12.3. The molecule has 1 amide bonds. The van der Waals surface area contributed by atoms with E-state index in [9.17, 15) is 4.79 Å². The van der Waals surface area contributed by atoms with Crippen molar-refractivity contribution in [2.45, 2.75) is 19.5 Å². The monoisotopic (exact) mass is 333 g/mol. The molecule has 1 N–H and O–H groups in total. The third kappa shape index (κ3) is 3.40. The van der Waals surface area contributed by atoms with Gasteiger partial charge in [0, 0.05) is 25.5 Å². The summed E-state index contributed by atoms with van der Waals surface area (Å²) in [7, 11) is 0. The van der Waals surface area contributed by atoms with Crippen LogP contribution in [0.4, 0.5) is 5.69 Å². The molecule has 0 fully saturated rings. The van der Waals surface area contributed by atoms with Crippen LogP contribution in [0.15, 0.2) is 65.5 Å². The van der Waals surface area contributed by atoms with Crippen LogP contribution < -0.4 is 5.32 Å². The Morgan fingerprint density at radius 3 is 2.88 bits per heavy atom. The van der Waals surface area contributed by atoms with Crippen molar-refractivity contribution in [3.63, 3.8) is 0 Å². The summed E-state index contributed by atoms with van der Waals surface area (Å²) in [6.45, 7) is 1.95. The normalized spacial score (nSPS) is 13.4. The summed E-state index contributed by atoms with van der Waals surface area (Å²) < 4.78 is 5.30. The molecular formula is C20H19N3O2. The molecule has 5 nitrogen and oxygen atoms in total. The molecular weight excluding hydrogens is 314 g/mol. The lowest BCUT2D eigenvalue weighted by molar-refractivity contribution is 0.0734. The van der Waals surface area contributed by atoms with Gasteiger partial charge < -0.3 is 14.6 Å². The predicted molar refractivity (Wildman–Crippen MR) is 95.2 cm³/mol. The van der Waals surface area contributed by atoms with Crippen molar-refractivity contribution in [3.8, 4) is 0 Å². The number of carbonyl (C=O) groups is 1. The lowest BCUT2D eigenvalue weighted by atomic mass is 9.99. The van der Waals surface area contributed by atoms with Gasteiger partial charge in [-0.05, 0) is 35.7 Å². The molecule has 0 atom stereocenters. The first-order valence-corrected chi connectivity index (χ1v) is 8.37. The van der Waals surface area contributed by atoms with Gasteiger partial charge in [-0.15, -0.1) is 0 Å². The van der Waals surface area contributed by atoms with Crippen molar-refractivity contribution in [2.75, 3.05) is 11.9 Å². The Hall–Kier alpha value is -3.08. The van der Waals surface area contributed by atoms with Crippen LogP contribution in [0.25, 0.3) is 0 Å². The van der Waals surface area contributed by atoms with Crippen LogP contribution in [-0.4, -0.2) is 22.3 Å². The molecule has 3 heterocycles. The van der Waals surface area contributed by atoms with E-state index in [1.54, 1.807) is 18.7 Å². The number of benzene rings is 1. The Labute approximate surface area is 146 Å². The summed E-state index contributed by atoms with van der Waals surface area (Å²) in [6, 6.07) is 13.9. The zero-order chi connectivity index (χ0) is 17.1. The number of nitrogens with zero attached hydrogens (tertiary/aromatic N) is 2. The number of rotatable bonds is 4. The molecule has 0 spiro atoms. The highest BCUT2D eigenvalue weighted by Crippen LogP contribution is 2.21. The highest BCUT2D eigenvalue weighted by molar-refractivity contribution is 5.94. The van der Waals surface area contributed by atoms with Crippen LogP contribution in [0.5, 0.6) is 0 Å². The summed E-state index contributed by atoms with van der Waals surface area (Å²) in [6.07, 6.45) is 5.88. The fourth-order valence-electron chi connectivity index (χ4n) is 3.11. The predicted octanol–water partition coefficient (Wildman–Crippen LogP) is 3.49. The third-order valence-corrected chi connectivity index (χ3v) is 4.45. The number of aromatic nitrogens is 1. The molecule has 2 aromatic heterocycles. The Kier molecular flexibility index (Phi) is 4.21. The number of anilines is 1. The van der Waals surface area contributed by atoms with Gasteiger partial charge in [0.1, 0.15) is 5.76 Å². The molecule has 0 saturated carbocycles. The van der Waals surface area contributed by atoms with E-state index in [1.807, 2.05) is 35.2 Å². The average Bonchev–Trinajstić information content (AvgIpc) is 3.19. The van der Waals surface area contributed by atoms with Crippen LogP contribution >= 0.6 is 0 Å². The minimum absolute atomic E-state index is 0.0173. The molecule has 0 saturated heterocycles. The van der Waals surface area contributed by atoms with E-state index in [1.165, 1.54) is 11.1 Å². The number of hydrogen-bond acceptors (Lipinski definition) is 4. The van der Waals surface area contributed by atoms with Gasteiger partial charge in [0.2, 0.25) is 0 Å². The first-order valence-electron chi connectivity index (χ1n) is 8.37.